The number of aryl methyl sites for hydroxylation is 1. The number of amides is 1. The van der Waals surface area contributed by atoms with Gasteiger partial charge in [0.2, 0.25) is 5.91 Å². The molecule has 1 N–H and O–H groups in total. The summed E-state index contributed by atoms with van der Waals surface area (Å²) in [6.45, 7) is 4.20. The Labute approximate surface area is 135 Å². The normalized spacial score (nSPS) is 21.1. The number of ether oxygens (including phenoxy) is 2. The summed E-state index contributed by atoms with van der Waals surface area (Å²) in [5, 5.41) is 0. The zero-order chi connectivity index (χ0) is 16.2. The molecule has 7 nitrogen and oxygen atoms in total. The molecule has 0 radical (unpaired) electrons. The zero-order valence-electron chi connectivity index (χ0n) is 13.5. The van der Waals surface area contributed by atoms with Gasteiger partial charge in [-0.15, -0.1) is 0 Å². The van der Waals surface area contributed by atoms with Gasteiger partial charge in [-0.2, -0.15) is 0 Å². The molecule has 1 aromatic heterocycles. The number of aromatic amines is 1. The summed E-state index contributed by atoms with van der Waals surface area (Å²) in [4.78, 5) is 33.2. The number of H-pyrrole nitrogens is 1. The van der Waals surface area contributed by atoms with Crippen molar-refractivity contribution in [2.45, 2.75) is 38.7 Å². The molecule has 2 aliphatic heterocycles. The molecule has 23 heavy (non-hydrogen) atoms. The molecule has 0 spiro atoms. The number of aromatic nitrogens is 2. The Morgan fingerprint density at radius 1 is 1.43 bits per heavy atom. The van der Waals surface area contributed by atoms with Crippen molar-refractivity contribution in [3.05, 3.63) is 27.4 Å². The monoisotopic (exact) mass is 321 g/mol. The summed E-state index contributed by atoms with van der Waals surface area (Å²) < 4.78 is 11.0. The van der Waals surface area contributed by atoms with Gasteiger partial charge in [-0.05, 0) is 26.2 Å². The molecule has 3 rings (SSSR count). The maximum atomic E-state index is 12.3. The highest BCUT2D eigenvalue weighted by Crippen LogP contribution is 2.13. The number of rotatable bonds is 4. The van der Waals surface area contributed by atoms with E-state index in [0.29, 0.717) is 43.9 Å². The van der Waals surface area contributed by atoms with Gasteiger partial charge in [0.25, 0.3) is 5.56 Å². The van der Waals surface area contributed by atoms with E-state index in [0.717, 1.165) is 25.1 Å². The predicted molar refractivity (Wildman–Crippen MR) is 83.4 cm³/mol. The van der Waals surface area contributed by atoms with Gasteiger partial charge in [-0.1, -0.05) is 0 Å². The van der Waals surface area contributed by atoms with Crippen LogP contribution in [0.3, 0.4) is 0 Å². The SMILES string of the molecule is Cc1nc2c(c(=O)[nH]1)CCN(C(=O)COC[C@@H]1CCCO1)CC2. The smallest absolute Gasteiger partial charge is 0.254 e. The van der Waals surface area contributed by atoms with Crippen LogP contribution >= 0.6 is 0 Å². The predicted octanol–water partition coefficient (Wildman–Crippen LogP) is 0.201. The average molecular weight is 321 g/mol. The van der Waals surface area contributed by atoms with E-state index in [9.17, 15) is 9.59 Å². The van der Waals surface area contributed by atoms with Crippen LogP contribution in [0.25, 0.3) is 0 Å². The summed E-state index contributed by atoms with van der Waals surface area (Å²) in [7, 11) is 0. The lowest BCUT2D eigenvalue weighted by Crippen LogP contribution is -2.36. The molecule has 0 aliphatic carbocycles. The van der Waals surface area contributed by atoms with Crippen LogP contribution in [0, 0.1) is 6.92 Å². The lowest BCUT2D eigenvalue weighted by molar-refractivity contribution is -0.137. The van der Waals surface area contributed by atoms with Crippen molar-refractivity contribution in [3.63, 3.8) is 0 Å². The molecular formula is C16H23N3O4. The van der Waals surface area contributed by atoms with Crippen molar-refractivity contribution in [2.24, 2.45) is 0 Å². The molecule has 3 heterocycles. The fourth-order valence-electron chi connectivity index (χ4n) is 3.13. The minimum absolute atomic E-state index is 0.0380. The van der Waals surface area contributed by atoms with Crippen molar-refractivity contribution in [1.29, 1.82) is 0 Å². The van der Waals surface area contributed by atoms with E-state index in [-0.39, 0.29) is 24.2 Å². The Kier molecular flexibility index (Phi) is 5.07. The largest absolute Gasteiger partial charge is 0.376 e. The fourth-order valence-corrected chi connectivity index (χ4v) is 3.13. The van der Waals surface area contributed by atoms with Crippen molar-refractivity contribution in [3.8, 4) is 0 Å². The summed E-state index contributed by atoms with van der Waals surface area (Å²) >= 11 is 0. The first-order valence-corrected chi connectivity index (χ1v) is 8.19. The third kappa shape index (κ3) is 3.97. The quantitative estimate of drug-likeness (QED) is 0.856. The van der Waals surface area contributed by atoms with E-state index < -0.39 is 0 Å². The first-order chi connectivity index (χ1) is 11.1. The van der Waals surface area contributed by atoms with Crippen molar-refractivity contribution < 1.29 is 14.3 Å². The Balaban J connectivity index is 1.53. The molecule has 1 saturated heterocycles. The van der Waals surface area contributed by atoms with E-state index in [1.165, 1.54) is 0 Å². The number of fused-ring (bicyclic) bond motifs is 1. The van der Waals surface area contributed by atoms with Crippen LogP contribution in [0.5, 0.6) is 0 Å². The van der Waals surface area contributed by atoms with Crippen molar-refractivity contribution >= 4 is 5.91 Å². The minimum Gasteiger partial charge on any atom is -0.376 e. The van der Waals surface area contributed by atoms with E-state index >= 15 is 0 Å². The van der Waals surface area contributed by atoms with Crippen LogP contribution in [-0.4, -0.2) is 59.8 Å². The van der Waals surface area contributed by atoms with E-state index in [1.807, 2.05) is 0 Å². The Hall–Kier alpha value is -1.73. The Bertz CT molecular complexity index is 622. The summed E-state index contributed by atoms with van der Waals surface area (Å²) in [5.74, 6) is 0.581. The molecule has 0 unspecified atom stereocenters. The number of carbonyl (C=O) groups excluding carboxylic acids is 1. The molecule has 126 valence electrons. The first-order valence-electron chi connectivity index (χ1n) is 8.19. The van der Waals surface area contributed by atoms with E-state index in [1.54, 1.807) is 11.8 Å². The molecule has 0 aromatic carbocycles. The van der Waals surface area contributed by atoms with E-state index in [4.69, 9.17) is 9.47 Å². The highest BCUT2D eigenvalue weighted by Gasteiger charge is 2.22. The molecule has 0 saturated carbocycles. The summed E-state index contributed by atoms with van der Waals surface area (Å²) in [6.07, 6.45) is 3.34. The van der Waals surface area contributed by atoms with Crippen LogP contribution in [-0.2, 0) is 27.1 Å². The van der Waals surface area contributed by atoms with Gasteiger partial charge in [0.1, 0.15) is 12.4 Å². The molecule has 1 fully saturated rings. The van der Waals surface area contributed by atoms with Crippen LogP contribution in [0.2, 0.25) is 0 Å². The fraction of sp³-hybridized carbons (Fsp3) is 0.688. The second kappa shape index (κ2) is 7.23. The van der Waals surface area contributed by atoms with Crippen molar-refractivity contribution in [1.82, 2.24) is 14.9 Å². The molecule has 2 aliphatic rings. The third-order valence-electron chi connectivity index (χ3n) is 4.38. The van der Waals surface area contributed by atoms with Gasteiger partial charge in [0.05, 0.1) is 18.4 Å². The number of hydrogen-bond acceptors (Lipinski definition) is 5. The lowest BCUT2D eigenvalue weighted by atomic mass is 10.1. The van der Waals surface area contributed by atoms with Crippen LogP contribution in [0.4, 0.5) is 0 Å². The number of carbonyl (C=O) groups is 1. The number of nitrogens with zero attached hydrogens (tertiary/aromatic N) is 2. The summed E-state index contributed by atoms with van der Waals surface area (Å²) in [5.41, 5.74) is 1.42. The average Bonchev–Trinajstić information content (AvgIpc) is 2.92. The van der Waals surface area contributed by atoms with E-state index in [2.05, 4.69) is 9.97 Å². The second-order valence-corrected chi connectivity index (χ2v) is 6.11. The van der Waals surface area contributed by atoms with Crippen LogP contribution < -0.4 is 5.56 Å². The highest BCUT2D eigenvalue weighted by molar-refractivity contribution is 5.77. The highest BCUT2D eigenvalue weighted by atomic mass is 16.5. The third-order valence-corrected chi connectivity index (χ3v) is 4.38. The molecule has 1 aromatic rings. The molecular weight excluding hydrogens is 298 g/mol. The van der Waals surface area contributed by atoms with Crippen LogP contribution in [0.1, 0.15) is 29.9 Å². The molecule has 1 atom stereocenters. The standard InChI is InChI=1S/C16H23N3O4/c1-11-17-14-5-7-19(6-4-13(14)16(21)18-11)15(20)10-22-9-12-3-2-8-23-12/h12H,2-10H2,1H3,(H,17,18,21)/t12-/m0/s1. The van der Waals surface area contributed by atoms with Gasteiger partial charge in [-0.25, -0.2) is 4.98 Å². The topological polar surface area (TPSA) is 84.5 Å². The second-order valence-electron chi connectivity index (χ2n) is 6.11. The van der Waals surface area contributed by atoms with Gasteiger partial charge in [0.15, 0.2) is 0 Å². The molecule has 1 amide bonds. The first kappa shape index (κ1) is 16.1. The van der Waals surface area contributed by atoms with Gasteiger partial charge >= 0.3 is 0 Å². The van der Waals surface area contributed by atoms with Gasteiger partial charge in [-0.3, -0.25) is 9.59 Å². The molecule has 0 bridgehead atoms. The summed E-state index contributed by atoms with van der Waals surface area (Å²) in [6, 6.07) is 0. The Morgan fingerprint density at radius 2 is 2.26 bits per heavy atom. The minimum atomic E-state index is -0.0866. The lowest BCUT2D eigenvalue weighted by Gasteiger charge is -2.20. The maximum absolute atomic E-state index is 12.3. The van der Waals surface area contributed by atoms with Gasteiger partial charge < -0.3 is 19.4 Å². The number of nitrogens with one attached hydrogen (secondary N) is 1. The zero-order valence-corrected chi connectivity index (χ0v) is 13.5. The van der Waals surface area contributed by atoms with Crippen molar-refractivity contribution in [2.75, 3.05) is 32.9 Å². The molecule has 7 heteroatoms. The Morgan fingerprint density at radius 3 is 3.04 bits per heavy atom. The maximum Gasteiger partial charge on any atom is 0.254 e. The van der Waals surface area contributed by atoms with Gasteiger partial charge in [0, 0.05) is 31.7 Å². The number of hydrogen-bond donors (Lipinski definition) is 1. The van der Waals surface area contributed by atoms with Crippen LogP contribution in [0.15, 0.2) is 4.79 Å².